The molecule has 0 unspecified atom stereocenters. The predicted molar refractivity (Wildman–Crippen MR) is 58.0 cm³/mol. The molecule has 0 fully saturated rings. The molecule has 5 nitrogen and oxygen atoms in total. The van der Waals surface area contributed by atoms with Gasteiger partial charge in [0.15, 0.2) is 5.78 Å². The lowest BCUT2D eigenvalue weighted by atomic mass is 10.2. The molecule has 0 aromatic carbocycles. The van der Waals surface area contributed by atoms with Gasteiger partial charge < -0.3 is 4.57 Å². The minimum Gasteiger partial charge on any atom is -0.335 e. The maximum atomic E-state index is 11.8. The maximum Gasteiger partial charge on any atom is 0.188 e. The lowest BCUT2D eigenvalue weighted by Crippen LogP contribution is -2.10. The lowest BCUT2D eigenvalue weighted by molar-refractivity contribution is 0.0985. The summed E-state index contributed by atoms with van der Waals surface area (Å²) in [4.78, 5) is 23.7. The smallest absolute Gasteiger partial charge is 0.188 e. The number of hydrogen-bond donors (Lipinski definition) is 0. The van der Waals surface area contributed by atoms with E-state index in [1.54, 1.807) is 18.5 Å². The molecule has 82 valence electrons. The summed E-state index contributed by atoms with van der Waals surface area (Å²) in [6.07, 6.45) is 6.78. The number of ketones is 1. The molecule has 0 aliphatic heterocycles. The average molecular weight is 216 g/mol. The van der Waals surface area contributed by atoms with E-state index in [2.05, 4.69) is 15.0 Å². The quantitative estimate of drug-likeness (QED) is 0.718. The molecule has 0 saturated carbocycles. The first-order valence-electron chi connectivity index (χ1n) is 5.10. The highest BCUT2D eigenvalue weighted by Crippen LogP contribution is 2.03. The molecule has 0 radical (unpaired) electrons. The zero-order valence-corrected chi connectivity index (χ0v) is 9.00. The Labute approximate surface area is 93.2 Å². The van der Waals surface area contributed by atoms with E-state index in [0.29, 0.717) is 5.69 Å². The third-order valence-corrected chi connectivity index (χ3v) is 2.33. The van der Waals surface area contributed by atoms with Crippen molar-refractivity contribution in [2.75, 3.05) is 0 Å². The normalized spacial score (nSPS) is 10.3. The van der Waals surface area contributed by atoms with Gasteiger partial charge in [-0.25, -0.2) is 15.0 Å². The van der Waals surface area contributed by atoms with E-state index >= 15 is 0 Å². The molecule has 0 bridgehead atoms. The van der Waals surface area contributed by atoms with Crippen LogP contribution >= 0.6 is 0 Å². The van der Waals surface area contributed by atoms with Crippen molar-refractivity contribution in [3.8, 4) is 0 Å². The molecule has 2 aromatic rings. The molecule has 0 saturated heterocycles. The fourth-order valence-corrected chi connectivity index (χ4v) is 1.48. The second kappa shape index (κ2) is 4.65. The van der Waals surface area contributed by atoms with Gasteiger partial charge in [0, 0.05) is 25.1 Å². The zero-order valence-electron chi connectivity index (χ0n) is 9.00. The molecular weight excluding hydrogens is 204 g/mol. The van der Waals surface area contributed by atoms with Crippen LogP contribution in [0.15, 0.2) is 31.0 Å². The Morgan fingerprint density at radius 1 is 1.38 bits per heavy atom. The SMILES string of the molecule is CCn1ccnc1CC(=O)c1ccncn1. The van der Waals surface area contributed by atoms with E-state index in [1.165, 1.54) is 6.33 Å². The molecule has 0 N–H and O–H groups in total. The number of hydrogen-bond acceptors (Lipinski definition) is 4. The highest BCUT2D eigenvalue weighted by atomic mass is 16.1. The number of rotatable bonds is 4. The molecule has 0 aliphatic rings. The molecule has 2 heterocycles. The Kier molecular flexibility index (Phi) is 3.05. The van der Waals surface area contributed by atoms with Gasteiger partial charge in [-0.2, -0.15) is 0 Å². The van der Waals surface area contributed by atoms with Gasteiger partial charge in [0.1, 0.15) is 17.8 Å². The minimum absolute atomic E-state index is 0.0386. The summed E-state index contributed by atoms with van der Waals surface area (Å²) < 4.78 is 1.94. The third kappa shape index (κ3) is 2.13. The first-order chi connectivity index (χ1) is 7.81. The summed E-state index contributed by atoms with van der Waals surface area (Å²) in [6, 6.07) is 1.61. The number of aromatic nitrogens is 4. The fourth-order valence-electron chi connectivity index (χ4n) is 1.48. The summed E-state index contributed by atoms with van der Waals surface area (Å²) in [7, 11) is 0. The summed E-state index contributed by atoms with van der Waals surface area (Å²) in [5.41, 5.74) is 0.431. The van der Waals surface area contributed by atoms with Crippen molar-refractivity contribution in [2.45, 2.75) is 19.9 Å². The average Bonchev–Trinajstić information content (AvgIpc) is 2.77. The molecule has 16 heavy (non-hydrogen) atoms. The Morgan fingerprint density at radius 2 is 2.25 bits per heavy atom. The predicted octanol–water partition coefficient (Wildman–Crippen LogP) is 1.12. The van der Waals surface area contributed by atoms with Crippen molar-refractivity contribution in [1.82, 2.24) is 19.5 Å². The summed E-state index contributed by atoms with van der Waals surface area (Å²) in [5.74, 6) is 0.731. The molecule has 0 spiro atoms. The van der Waals surface area contributed by atoms with Gasteiger partial charge in [-0.1, -0.05) is 0 Å². The molecule has 0 aliphatic carbocycles. The largest absolute Gasteiger partial charge is 0.335 e. The van der Waals surface area contributed by atoms with E-state index in [9.17, 15) is 4.79 Å². The molecule has 2 aromatic heterocycles. The lowest BCUT2D eigenvalue weighted by Gasteiger charge is -2.03. The summed E-state index contributed by atoms with van der Waals surface area (Å²) in [6.45, 7) is 2.83. The number of imidazole rings is 1. The van der Waals surface area contributed by atoms with Crippen molar-refractivity contribution in [2.24, 2.45) is 0 Å². The van der Waals surface area contributed by atoms with Gasteiger partial charge in [-0.05, 0) is 13.0 Å². The highest BCUT2D eigenvalue weighted by Gasteiger charge is 2.11. The van der Waals surface area contributed by atoms with Crippen molar-refractivity contribution in [1.29, 1.82) is 0 Å². The fraction of sp³-hybridized carbons (Fsp3) is 0.273. The van der Waals surface area contributed by atoms with Crippen LogP contribution in [0.2, 0.25) is 0 Å². The Bertz CT molecular complexity index is 478. The van der Waals surface area contributed by atoms with Crippen LogP contribution in [0.4, 0.5) is 0 Å². The molecule has 0 atom stereocenters. The van der Waals surface area contributed by atoms with Gasteiger partial charge in [-0.3, -0.25) is 4.79 Å². The van der Waals surface area contributed by atoms with Crippen LogP contribution in [0, 0.1) is 0 Å². The van der Waals surface area contributed by atoms with Gasteiger partial charge in [0.25, 0.3) is 0 Å². The number of aryl methyl sites for hydroxylation is 1. The Morgan fingerprint density at radius 3 is 2.94 bits per heavy atom. The van der Waals surface area contributed by atoms with Crippen LogP contribution < -0.4 is 0 Å². The van der Waals surface area contributed by atoms with Crippen LogP contribution in [0.25, 0.3) is 0 Å². The topological polar surface area (TPSA) is 60.7 Å². The van der Waals surface area contributed by atoms with Gasteiger partial charge in [-0.15, -0.1) is 0 Å². The molecule has 0 amide bonds. The van der Waals surface area contributed by atoms with Crippen LogP contribution in [-0.4, -0.2) is 25.3 Å². The van der Waals surface area contributed by atoms with Crippen molar-refractivity contribution >= 4 is 5.78 Å². The number of Topliss-reactive ketones (excluding diaryl/α,β-unsaturated/α-hetero) is 1. The van der Waals surface area contributed by atoms with Crippen LogP contribution in [0.3, 0.4) is 0 Å². The van der Waals surface area contributed by atoms with E-state index in [1.807, 2.05) is 17.7 Å². The van der Waals surface area contributed by atoms with Crippen LogP contribution in [0.5, 0.6) is 0 Å². The van der Waals surface area contributed by atoms with E-state index in [0.717, 1.165) is 12.4 Å². The van der Waals surface area contributed by atoms with Gasteiger partial charge >= 0.3 is 0 Å². The number of carbonyl (C=O) groups is 1. The standard InChI is InChI=1S/C11H12N4O/c1-2-15-6-5-13-11(15)7-10(16)9-3-4-12-8-14-9/h3-6,8H,2,7H2,1H3. The van der Waals surface area contributed by atoms with Crippen molar-refractivity contribution in [3.63, 3.8) is 0 Å². The number of nitrogens with zero attached hydrogens (tertiary/aromatic N) is 4. The Balaban J connectivity index is 2.14. The van der Waals surface area contributed by atoms with Crippen molar-refractivity contribution in [3.05, 3.63) is 42.5 Å². The van der Waals surface area contributed by atoms with Crippen LogP contribution in [0.1, 0.15) is 23.2 Å². The number of carbonyl (C=O) groups excluding carboxylic acids is 1. The third-order valence-electron chi connectivity index (χ3n) is 2.33. The van der Waals surface area contributed by atoms with Gasteiger partial charge in [0.05, 0.1) is 6.42 Å². The van der Waals surface area contributed by atoms with Crippen LogP contribution in [-0.2, 0) is 13.0 Å². The molecule has 5 heteroatoms. The van der Waals surface area contributed by atoms with E-state index < -0.39 is 0 Å². The minimum atomic E-state index is -0.0386. The van der Waals surface area contributed by atoms with Gasteiger partial charge in [0.2, 0.25) is 0 Å². The first-order valence-corrected chi connectivity index (χ1v) is 5.10. The summed E-state index contributed by atoms with van der Waals surface area (Å²) in [5, 5.41) is 0. The highest BCUT2D eigenvalue weighted by molar-refractivity contribution is 5.95. The Hall–Kier alpha value is -2.04. The zero-order chi connectivity index (χ0) is 11.4. The monoisotopic (exact) mass is 216 g/mol. The second-order valence-electron chi connectivity index (χ2n) is 3.32. The van der Waals surface area contributed by atoms with E-state index in [-0.39, 0.29) is 12.2 Å². The molecular formula is C11H12N4O. The summed E-state index contributed by atoms with van der Waals surface area (Å²) >= 11 is 0. The van der Waals surface area contributed by atoms with Crippen molar-refractivity contribution < 1.29 is 4.79 Å². The second-order valence-corrected chi connectivity index (χ2v) is 3.32. The first kappa shape index (κ1) is 10.5. The molecule has 2 rings (SSSR count). The maximum absolute atomic E-state index is 11.8. The van der Waals surface area contributed by atoms with E-state index in [4.69, 9.17) is 0 Å².